The van der Waals surface area contributed by atoms with Crippen molar-refractivity contribution in [3.63, 3.8) is 0 Å². The van der Waals surface area contributed by atoms with Gasteiger partial charge in [-0.1, -0.05) is 30.3 Å². The van der Waals surface area contributed by atoms with Crippen LogP contribution in [0.15, 0.2) is 43.2 Å². The van der Waals surface area contributed by atoms with E-state index in [4.69, 9.17) is 0 Å². The fourth-order valence-corrected chi connectivity index (χ4v) is 2.44. The number of rotatable bonds is 5. The lowest BCUT2D eigenvalue weighted by Crippen LogP contribution is -2.19. The molecular formula is C17H23N3. The minimum atomic E-state index is 0.381. The maximum absolute atomic E-state index is 4.47. The first-order valence-corrected chi connectivity index (χ1v) is 6.90. The summed E-state index contributed by atoms with van der Waals surface area (Å²) in [7, 11) is 6.22. The van der Waals surface area contributed by atoms with Crippen molar-refractivity contribution in [1.29, 1.82) is 0 Å². The first kappa shape index (κ1) is 14.5. The van der Waals surface area contributed by atoms with Gasteiger partial charge in [0.25, 0.3) is 0 Å². The average molecular weight is 269 g/mol. The van der Waals surface area contributed by atoms with Gasteiger partial charge in [-0.3, -0.25) is 0 Å². The molecule has 0 aliphatic rings. The molecule has 1 aromatic heterocycles. The predicted molar refractivity (Wildman–Crippen MR) is 84.6 cm³/mol. The van der Waals surface area contributed by atoms with Gasteiger partial charge in [0.1, 0.15) is 0 Å². The quantitative estimate of drug-likeness (QED) is 0.774. The van der Waals surface area contributed by atoms with Gasteiger partial charge >= 0.3 is 0 Å². The molecule has 0 N–H and O–H groups in total. The molecule has 0 saturated heterocycles. The molecule has 3 heteroatoms. The fraction of sp³-hybridized carbons (Fsp3) is 0.353. The maximum atomic E-state index is 4.47. The van der Waals surface area contributed by atoms with E-state index in [0.29, 0.717) is 6.04 Å². The second kappa shape index (κ2) is 6.06. The Morgan fingerprint density at radius 2 is 1.95 bits per heavy atom. The molecule has 0 radical (unpaired) electrons. The van der Waals surface area contributed by atoms with Crippen LogP contribution in [0, 0.1) is 6.92 Å². The summed E-state index contributed by atoms with van der Waals surface area (Å²) in [5.41, 5.74) is 4.73. The Labute approximate surface area is 121 Å². The summed E-state index contributed by atoms with van der Waals surface area (Å²) in [5, 5.41) is 0. The van der Waals surface area contributed by atoms with Crippen molar-refractivity contribution < 1.29 is 0 Å². The standard InChI is InChI=1S/C17H23N3/c1-6-7-16(19(3)4)14-8-10-15(11-9-14)17-13(2)20(5)12-18-17/h6,8-12,16H,1,7H2,2-5H3. The molecule has 0 spiro atoms. The van der Waals surface area contributed by atoms with Crippen molar-refractivity contribution in [3.05, 3.63) is 54.5 Å². The van der Waals surface area contributed by atoms with Gasteiger partial charge in [-0.2, -0.15) is 0 Å². The third kappa shape index (κ3) is 2.83. The summed E-state index contributed by atoms with van der Waals surface area (Å²) in [5.74, 6) is 0. The molecule has 0 amide bonds. The molecule has 0 aliphatic heterocycles. The Balaban J connectivity index is 2.30. The molecule has 20 heavy (non-hydrogen) atoms. The highest BCUT2D eigenvalue weighted by Crippen LogP contribution is 2.26. The number of hydrogen-bond acceptors (Lipinski definition) is 2. The van der Waals surface area contributed by atoms with Gasteiger partial charge in [-0.15, -0.1) is 6.58 Å². The third-order valence-electron chi connectivity index (χ3n) is 3.81. The highest BCUT2D eigenvalue weighted by Gasteiger charge is 2.13. The number of aryl methyl sites for hydroxylation is 1. The van der Waals surface area contributed by atoms with Crippen LogP contribution in [0.3, 0.4) is 0 Å². The van der Waals surface area contributed by atoms with Gasteiger partial charge in [0.2, 0.25) is 0 Å². The van der Waals surface area contributed by atoms with E-state index in [-0.39, 0.29) is 0 Å². The van der Waals surface area contributed by atoms with E-state index in [1.54, 1.807) is 0 Å². The lowest BCUT2D eigenvalue weighted by molar-refractivity contribution is 0.301. The third-order valence-corrected chi connectivity index (χ3v) is 3.81. The van der Waals surface area contributed by atoms with Crippen LogP contribution in [0.2, 0.25) is 0 Å². The zero-order valence-corrected chi connectivity index (χ0v) is 12.8. The molecule has 1 aromatic carbocycles. The van der Waals surface area contributed by atoms with E-state index in [0.717, 1.165) is 12.1 Å². The second-order valence-electron chi connectivity index (χ2n) is 5.42. The smallest absolute Gasteiger partial charge is 0.0953 e. The predicted octanol–water partition coefficient (Wildman–Crippen LogP) is 3.57. The summed E-state index contributed by atoms with van der Waals surface area (Å²) in [6.07, 6.45) is 4.79. The lowest BCUT2D eigenvalue weighted by Gasteiger charge is -2.23. The maximum Gasteiger partial charge on any atom is 0.0953 e. The number of benzene rings is 1. The number of aromatic nitrogens is 2. The topological polar surface area (TPSA) is 21.1 Å². The zero-order chi connectivity index (χ0) is 14.7. The summed E-state index contributed by atoms with van der Waals surface area (Å²) in [6.45, 7) is 5.94. The molecule has 2 rings (SSSR count). The Bertz CT molecular complexity index is 579. The van der Waals surface area contributed by atoms with Crippen LogP contribution in [0.25, 0.3) is 11.3 Å². The van der Waals surface area contributed by atoms with Crippen LogP contribution in [0.1, 0.15) is 23.7 Å². The Hall–Kier alpha value is -1.87. The number of imidazole rings is 1. The van der Waals surface area contributed by atoms with E-state index in [1.807, 2.05) is 24.0 Å². The van der Waals surface area contributed by atoms with Crippen molar-refractivity contribution in [1.82, 2.24) is 14.5 Å². The molecule has 3 nitrogen and oxygen atoms in total. The van der Waals surface area contributed by atoms with Crippen molar-refractivity contribution in [2.75, 3.05) is 14.1 Å². The van der Waals surface area contributed by atoms with Gasteiger partial charge in [-0.25, -0.2) is 4.98 Å². The summed E-state index contributed by atoms with van der Waals surface area (Å²) in [4.78, 5) is 6.69. The second-order valence-corrected chi connectivity index (χ2v) is 5.42. The highest BCUT2D eigenvalue weighted by atomic mass is 15.1. The molecule has 1 unspecified atom stereocenters. The highest BCUT2D eigenvalue weighted by molar-refractivity contribution is 5.62. The minimum absolute atomic E-state index is 0.381. The lowest BCUT2D eigenvalue weighted by atomic mass is 10.00. The molecule has 2 aromatic rings. The summed E-state index contributed by atoms with van der Waals surface area (Å²) < 4.78 is 2.05. The van der Waals surface area contributed by atoms with Crippen LogP contribution in [-0.2, 0) is 7.05 Å². The number of hydrogen-bond donors (Lipinski definition) is 0. The van der Waals surface area contributed by atoms with E-state index >= 15 is 0 Å². The first-order valence-electron chi connectivity index (χ1n) is 6.90. The van der Waals surface area contributed by atoms with Gasteiger partial charge in [0, 0.05) is 24.3 Å². The molecule has 0 saturated carbocycles. The van der Waals surface area contributed by atoms with Crippen LogP contribution in [0.4, 0.5) is 0 Å². The summed E-state index contributed by atoms with van der Waals surface area (Å²) in [6, 6.07) is 9.08. The molecule has 1 heterocycles. The van der Waals surface area contributed by atoms with Gasteiger partial charge in [0.15, 0.2) is 0 Å². The van der Waals surface area contributed by atoms with E-state index in [1.165, 1.54) is 16.8 Å². The molecule has 0 fully saturated rings. The fourth-order valence-electron chi connectivity index (χ4n) is 2.44. The van der Waals surface area contributed by atoms with E-state index in [9.17, 15) is 0 Å². The Morgan fingerprint density at radius 1 is 1.30 bits per heavy atom. The Kier molecular flexibility index (Phi) is 4.40. The molecular weight excluding hydrogens is 246 g/mol. The SMILES string of the molecule is C=CCC(c1ccc(-c2ncn(C)c2C)cc1)N(C)C. The van der Waals surface area contributed by atoms with Crippen LogP contribution in [0.5, 0.6) is 0 Å². The molecule has 0 bridgehead atoms. The summed E-state index contributed by atoms with van der Waals surface area (Å²) >= 11 is 0. The van der Waals surface area contributed by atoms with Crippen LogP contribution >= 0.6 is 0 Å². The monoisotopic (exact) mass is 269 g/mol. The van der Waals surface area contributed by atoms with Gasteiger partial charge in [0.05, 0.1) is 12.0 Å². The molecule has 106 valence electrons. The zero-order valence-electron chi connectivity index (χ0n) is 12.8. The first-order chi connectivity index (χ1) is 9.54. The largest absolute Gasteiger partial charge is 0.337 e. The van der Waals surface area contributed by atoms with Crippen LogP contribution in [-0.4, -0.2) is 28.5 Å². The average Bonchev–Trinajstić information content (AvgIpc) is 2.76. The molecule has 0 aliphatic carbocycles. The Morgan fingerprint density at radius 3 is 2.40 bits per heavy atom. The molecule has 1 atom stereocenters. The normalized spacial score (nSPS) is 12.7. The van der Waals surface area contributed by atoms with E-state index < -0.39 is 0 Å². The van der Waals surface area contributed by atoms with Crippen LogP contribution < -0.4 is 0 Å². The van der Waals surface area contributed by atoms with Gasteiger partial charge < -0.3 is 9.47 Å². The van der Waals surface area contributed by atoms with Crippen molar-refractivity contribution in [3.8, 4) is 11.3 Å². The minimum Gasteiger partial charge on any atom is -0.337 e. The van der Waals surface area contributed by atoms with Crippen molar-refractivity contribution >= 4 is 0 Å². The van der Waals surface area contributed by atoms with E-state index in [2.05, 4.69) is 61.7 Å². The van der Waals surface area contributed by atoms with Gasteiger partial charge in [-0.05, 0) is 33.0 Å². The van der Waals surface area contributed by atoms with Crippen molar-refractivity contribution in [2.45, 2.75) is 19.4 Å². The van der Waals surface area contributed by atoms with Crippen molar-refractivity contribution in [2.24, 2.45) is 7.05 Å². The number of nitrogens with zero attached hydrogens (tertiary/aromatic N) is 3.